The number of hydrogen-bond acceptors (Lipinski definition) is 6. The van der Waals surface area contributed by atoms with Gasteiger partial charge >= 0.3 is 0 Å². The van der Waals surface area contributed by atoms with E-state index in [4.69, 9.17) is 0 Å². The summed E-state index contributed by atoms with van der Waals surface area (Å²) in [6.45, 7) is 2.64. The van der Waals surface area contributed by atoms with Gasteiger partial charge in [0, 0.05) is 13.1 Å². The van der Waals surface area contributed by atoms with Crippen LogP contribution in [0, 0.1) is 0 Å². The van der Waals surface area contributed by atoms with Crippen molar-refractivity contribution in [1.29, 1.82) is 0 Å². The van der Waals surface area contributed by atoms with Crippen LogP contribution in [0.4, 0.5) is 0 Å². The third-order valence-electron chi connectivity index (χ3n) is 5.46. The minimum absolute atomic E-state index is 0.000947. The van der Waals surface area contributed by atoms with E-state index in [0.29, 0.717) is 6.54 Å². The van der Waals surface area contributed by atoms with E-state index >= 15 is 0 Å². The number of nitrogens with one attached hydrogen (secondary N) is 3. The molecule has 0 aliphatic carbocycles. The van der Waals surface area contributed by atoms with Gasteiger partial charge in [-0.25, -0.2) is 8.42 Å². The standard InChI is InChI=1S/C24H31N3O4S2/c1-2-3-7-19-10-12-20(13-11-19)33(30,31)21-16-26-24(27-23(21)29)32-17-22(28)25-15-14-18-8-5-4-6-9-18/h4-6,8-13,21,24,26H,2-3,7,14-17H2,1H3,(H,25,28)(H,27,29). The predicted molar refractivity (Wildman–Crippen MR) is 132 cm³/mol. The smallest absolute Gasteiger partial charge is 0.241 e. The fourth-order valence-electron chi connectivity index (χ4n) is 3.52. The second kappa shape index (κ2) is 12.2. The second-order valence-electron chi connectivity index (χ2n) is 7.97. The molecule has 33 heavy (non-hydrogen) atoms. The number of rotatable bonds is 11. The number of carbonyl (C=O) groups excluding carboxylic acids is 2. The third-order valence-corrected chi connectivity index (χ3v) is 8.57. The number of unbranched alkanes of at least 4 members (excludes halogenated alkanes) is 1. The Morgan fingerprint density at radius 1 is 1.06 bits per heavy atom. The van der Waals surface area contributed by atoms with Crippen molar-refractivity contribution in [2.45, 2.75) is 48.3 Å². The Morgan fingerprint density at radius 2 is 1.76 bits per heavy atom. The van der Waals surface area contributed by atoms with Crippen LogP contribution < -0.4 is 16.0 Å². The Balaban J connectivity index is 1.44. The quantitative estimate of drug-likeness (QED) is 0.447. The lowest BCUT2D eigenvalue weighted by atomic mass is 10.1. The van der Waals surface area contributed by atoms with E-state index in [0.717, 1.165) is 36.8 Å². The Morgan fingerprint density at radius 3 is 2.42 bits per heavy atom. The van der Waals surface area contributed by atoms with Gasteiger partial charge in [0.15, 0.2) is 15.1 Å². The van der Waals surface area contributed by atoms with Crippen molar-refractivity contribution in [3.8, 4) is 0 Å². The molecule has 3 rings (SSSR count). The van der Waals surface area contributed by atoms with Gasteiger partial charge in [0.2, 0.25) is 11.8 Å². The molecule has 178 valence electrons. The highest BCUT2D eigenvalue weighted by Crippen LogP contribution is 2.21. The minimum Gasteiger partial charge on any atom is -0.355 e. The van der Waals surface area contributed by atoms with Gasteiger partial charge in [-0.15, -0.1) is 11.8 Å². The molecule has 2 aromatic rings. The van der Waals surface area contributed by atoms with Crippen LogP contribution in [0.15, 0.2) is 59.5 Å². The normalized spacial score (nSPS) is 18.5. The van der Waals surface area contributed by atoms with Gasteiger partial charge in [0.05, 0.1) is 10.6 Å². The van der Waals surface area contributed by atoms with E-state index in [1.165, 1.54) is 11.8 Å². The maximum Gasteiger partial charge on any atom is 0.241 e. The number of aryl methyl sites for hydroxylation is 1. The Kier molecular flexibility index (Phi) is 9.34. The molecule has 0 spiro atoms. The first-order valence-corrected chi connectivity index (χ1v) is 13.8. The average Bonchev–Trinajstić information content (AvgIpc) is 2.82. The summed E-state index contributed by atoms with van der Waals surface area (Å²) in [4.78, 5) is 24.8. The molecule has 0 saturated carbocycles. The van der Waals surface area contributed by atoms with Crippen molar-refractivity contribution >= 4 is 33.4 Å². The molecule has 9 heteroatoms. The fourth-order valence-corrected chi connectivity index (χ4v) is 5.87. The van der Waals surface area contributed by atoms with E-state index < -0.39 is 26.5 Å². The van der Waals surface area contributed by atoms with Crippen molar-refractivity contribution in [2.24, 2.45) is 0 Å². The molecule has 0 radical (unpaired) electrons. The molecule has 2 unspecified atom stereocenters. The summed E-state index contributed by atoms with van der Waals surface area (Å²) in [6, 6.07) is 16.7. The van der Waals surface area contributed by atoms with Crippen molar-refractivity contribution in [3.63, 3.8) is 0 Å². The summed E-state index contributed by atoms with van der Waals surface area (Å²) in [7, 11) is -3.80. The highest BCUT2D eigenvalue weighted by molar-refractivity contribution is 8.00. The number of thioether (sulfide) groups is 1. The van der Waals surface area contributed by atoms with Crippen molar-refractivity contribution in [2.75, 3.05) is 18.8 Å². The average molecular weight is 490 g/mol. The summed E-state index contributed by atoms with van der Waals surface area (Å²) >= 11 is 1.22. The van der Waals surface area contributed by atoms with Crippen molar-refractivity contribution < 1.29 is 18.0 Å². The fraction of sp³-hybridized carbons (Fsp3) is 0.417. The highest BCUT2D eigenvalue weighted by Gasteiger charge is 2.38. The lowest BCUT2D eigenvalue weighted by Gasteiger charge is -2.29. The van der Waals surface area contributed by atoms with E-state index in [-0.39, 0.29) is 23.1 Å². The predicted octanol–water partition coefficient (Wildman–Crippen LogP) is 2.27. The number of hydrogen-bond donors (Lipinski definition) is 3. The van der Waals surface area contributed by atoms with Gasteiger partial charge in [-0.05, 0) is 42.5 Å². The summed E-state index contributed by atoms with van der Waals surface area (Å²) in [5.41, 5.74) is 1.72. The van der Waals surface area contributed by atoms with E-state index in [1.807, 2.05) is 42.5 Å². The topological polar surface area (TPSA) is 104 Å². The minimum atomic E-state index is -3.80. The molecule has 2 amide bonds. The van der Waals surface area contributed by atoms with Gasteiger partial charge in [-0.3, -0.25) is 14.9 Å². The molecule has 1 fully saturated rings. The molecule has 1 aliphatic heterocycles. The highest BCUT2D eigenvalue weighted by atomic mass is 32.2. The first-order chi connectivity index (χ1) is 15.9. The third kappa shape index (κ3) is 7.31. The molecule has 1 saturated heterocycles. The van der Waals surface area contributed by atoms with Crippen LogP contribution in [-0.2, 0) is 32.3 Å². The molecule has 2 aromatic carbocycles. The van der Waals surface area contributed by atoms with Crippen LogP contribution in [0.25, 0.3) is 0 Å². The molecule has 1 heterocycles. The van der Waals surface area contributed by atoms with Crippen LogP contribution in [0.5, 0.6) is 0 Å². The van der Waals surface area contributed by atoms with Crippen molar-refractivity contribution in [1.82, 2.24) is 16.0 Å². The largest absolute Gasteiger partial charge is 0.355 e. The summed E-state index contributed by atoms with van der Waals surface area (Å²) in [5.74, 6) is -0.528. The molecule has 0 aromatic heterocycles. The number of benzene rings is 2. The lowest BCUT2D eigenvalue weighted by molar-refractivity contribution is -0.122. The van der Waals surface area contributed by atoms with Gasteiger partial charge in [0.25, 0.3) is 0 Å². The number of carbonyl (C=O) groups is 2. The maximum atomic E-state index is 13.0. The van der Waals surface area contributed by atoms with Crippen molar-refractivity contribution in [3.05, 3.63) is 65.7 Å². The molecule has 0 bridgehead atoms. The van der Waals surface area contributed by atoms with Crippen LogP contribution in [0.1, 0.15) is 30.9 Å². The Hall–Kier alpha value is -2.36. The molecular weight excluding hydrogens is 458 g/mol. The zero-order chi connectivity index (χ0) is 23.7. The van der Waals surface area contributed by atoms with Crippen LogP contribution in [0.2, 0.25) is 0 Å². The maximum absolute atomic E-state index is 13.0. The van der Waals surface area contributed by atoms with Crippen LogP contribution in [-0.4, -0.2) is 49.8 Å². The van der Waals surface area contributed by atoms with Crippen LogP contribution >= 0.6 is 11.8 Å². The van der Waals surface area contributed by atoms with Gasteiger partial charge in [0.1, 0.15) is 5.50 Å². The zero-order valence-corrected chi connectivity index (χ0v) is 20.4. The van der Waals surface area contributed by atoms with E-state index in [2.05, 4.69) is 22.9 Å². The summed E-state index contributed by atoms with van der Waals surface area (Å²) < 4.78 is 25.9. The zero-order valence-electron chi connectivity index (χ0n) is 18.8. The SMILES string of the molecule is CCCCc1ccc(S(=O)(=O)C2CNC(SCC(=O)NCCc3ccccc3)NC2=O)cc1. The molecule has 1 aliphatic rings. The summed E-state index contributed by atoms with van der Waals surface area (Å²) in [6.07, 6.45) is 3.77. The van der Waals surface area contributed by atoms with Crippen LogP contribution in [0.3, 0.4) is 0 Å². The monoisotopic (exact) mass is 489 g/mol. The van der Waals surface area contributed by atoms with Gasteiger partial charge in [-0.2, -0.15) is 0 Å². The second-order valence-corrected chi connectivity index (χ2v) is 11.2. The van der Waals surface area contributed by atoms with Gasteiger partial charge < -0.3 is 10.6 Å². The lowest BCUT2D eigenvalue weighted by Crippen LogP contribution is -2.59. The molecule has 2 atom stereocenters. The Bertz CT molecular complexity index is 1030. The first kappa shape index (κ1) is 25.3. The van der Waals surface area contributed by atoms with E-state index in [1.54, 1.807) is 12.1 Å². The number of amides is 2. The van der Waals surface area contributed by atoms with Gasteiger partial charge in [-0.1, -0.05) is 55.8 Å². The number of sulfone groups is 1. The van der Waals surface area contributed by atoms with E-state index in [9.17, 15) is 18.0 Å². The summed E-state index contributed by atoms with van der Waals surface area (Å²) in [5, 5.41) is 7.36. The molecular formula is C24H31N3O4S2. The first-order valence-electron chi connectivity index (χ1n) is 11.2. The molecule has 7 nitrogen and oxygen atoms in total. The Labute approximate surface area is 200 Å². The molecule has 3 N–H and O–H groups in total.